The summed E-state index contributed by atoms with van der Waals surface area (Å²) in [6.07, 6.45) is 31.0. The van der Waals surface area contributed by atoms with Crippen LogP contribution in [0.4, 0.5) is 0 Å². The number of esters is 2. The van der Waals surface area contributed by atoms with Gasteiger partial charge in [-0.3, -0.25) is 14.1 Å². The minimum atomic E-state index is -4.74. The Labute approximate surface area is 298 Å². The molecule has 0 heterocycles. The molecule has 263 valence electrons. The van der Waals surface area contributed by atoms with E-state index in [9.17, 15) is 14.2 Å². The zero-order chi connectivity index (χ0) is 32.6. The molecule has 0 saturated carbocycles. The van der Waals surface area contributed by atoms with E-state index in [1.165, 1.54) is 128 Å². The quantitative estimate of drug-likeness (QED) is 0.0300. The van der Waals surface area contributed by atoms with E-state index in [1.807, 2.05) is 0 Å². The fraction of sp³-hybridized carbons (Fsp3) is 0.943. The summed E-state index contributed by atoms with van der Waals surface area (Å²) >= 11 is 0. The summed E-state index contributed by atoms with van der Waals surface area (Å²) in [5.74, 6) is -0.873. The SMILES string of the molecule is CCCCCCCCCCCCCCCC(=O)OC[C@H](COP(=O)(O)O)OC(=O)CCCCCCCCCCCCCCC.[Na]. The largest absolute Gasteiger partial charge is 0.469 e. The van der Waals surface area contributed by atoms with Crippen LogP contribution in [0.5, 0.6) is 0 Å². The topological polar surface area (TPSA) is 119 Å². The third-order valence-electron chi connectivity index (χ3n) is 8.13. The van der Waals surface area contributed by atoms with Crippen LogP contribution >= 0.6 is 7.82 Å². The van der Waals surface area contributed by atoms with Gasteiger partial charge >= 0.3 is 19.8 Å². The molecule has 0 aliphatic carbocycles. The van der Waals surface area contributed by atoms with E-state index in [2.05, 4.69) is 18.4 Å². The molecule has 0 amide bonds. The molecule has 10 heteroatoms. The van der Waals surface area contributed by atoms with E-state index >= 15 is 0 Å². The molecule has 0 spiro atoms. The van der Waals surface area contributed by atoms with Gasteiger partial charge in [0.05, 0.1) is 6.61 Å². The molecule has 0 aromatic rings. The third kappa shape index (κ3) is 38.4. The molecule has 0 aliphatic heterocycles. The Kier molecular flexibility index (Phi) is 37.1. The molecular weight excluding hydrogens is 602 g/mol. The third-order valence-corrected chi connectivity index (χ3v) is 8.61. The Morgan fingerprint density at radius 1 is 0.511 bits per heavy atom. The number of phosphoric ester groups is 1. The van der Waals surface area contributed by atoms with Gasteiger partial charge < -0.3 is 19.3 Å². The molecule has 8 nitrogen and oxygen atoms in total. The van der Waals surface area contributed by atoms with Gasteiger partial charge in [-0.1, -0.05) is 168 Å². The normalized spacial score (nSPS) is 12.1. The van der Waals surface area contributed by atoms with E-state index < -0.39 is 32.5 Å². The Hall–Kier alpha value is 0.0500. The molecule has 45 heavy (non-hydrogen) atoms. The molecule has 1 radical (unpaired) electrons. The van der Waals surface area contributed by atoms with Crippen molar-refractivity contribution in [1.29, 1.82) is 0 Å². The Morgan fingerprint density at radius 2 is 0.822 bits per heavy atom. The summed E-state index contributed by atoms with van der Waals surface area (Å²) in [7, 11) is -4.74. The first kappa shape index (κ1) is 47.2. The minimum absolute atomic E-state index is 0. The molecule has 0 bridgehead atoms. The van der Waals surface area contributed by atoms with Crippen LogP contribution in [0, 0.1) is 0 Å². The first-order valence-corrected chi connectivity index (χ1v) is 19.9. The standard InChI is InChI=1S/C35H69O8P.Na/c1-3-5-7-9-11-13-15-17-19-21-23-25-27-29-34(36)41-31-33(32-42-44(38,39)40)43-35(37)30-28-26-24-22-20-18-16-14-12-10-8-6-4-2;/h33H,3-32H2,1-2H3,(H2,38,39,40);/t33-;/m1./s1. The van der Waals surface area contributed by atoms with E-state index in [0.717, 1.165) is 32.1 Å². The summed E-state index contributed by atoms with van der Waals surface area (Å²) in [5.41, 5.74) is 0. The maximum absolute atomic E-state index is 12.3. The van der Waals surface area contributed by atoms with Gasteiger partial charge in [-0.2, -0.15) is 0 Å². The minimum Gasteiger partial charge on any atom is -0.462 e. The van der Waals surface area contributed by atoms with Crippen LogP contribution in [0.15, 0.2) is 0 Å². The zero-order valence-corrected chi connectivity index (χ0v) is 32.5. The second-order valence-electron chi connectivity index (χ2n) is 12.6. The summed E-state index contributed by atoms with van der Waals surface area (Å²) < 4.78 is 26.3. The zero-order valence-electron chi connectivity index (χ0n) is 29.6. The molecule has 0 unspecified atom stereocenters. The first-order valence-electron chi connectivity index (χ1n) is 18.3. The molecule has 0 rings (SSSR count). The van der Waals surface area contributed by atoms with Crippen LogP contribution in [0.2, 0.25) is 0 Å². The fourth-order valence-corrected chi connectivity index (χ4v) is 5.73. The predicted octanol–water partition coefficient (Wildman–Crippen LogP) is 10.1. The summed E-state index contributed by atoms with van der Waals surface area (Å²) in [5, 5.41) is 0. The smallest absolute Gasteiger partial charge is 0.462 e. The monoisotopic (exact) mass is 671 g/mol. The van der Waals surface area contributed by atoms with Crippen molar-refractivity contribution in [1.82, 2.24) is 0 Å². The number of hydrogen-bond donors (Lipinski definition) is 2. The van der Waals surface area contributed by atoms with Gasteiger partial charge in [0.15, 0.2) is 6.10 Å². The van der Waals surface area contributed by atoms with Crippen LogP contribution in [-0.2, 0) is 28.2 Å². The molecule has 1 atom stereocenters. The van der Waals surface area contributed by atoms with E-state index in [-0.39, 0.29) is 49.0 Å². The molecule has 0 aromatic carbocycles. The van der Waals surface area contributed by atoms with Gasteiger partial charge in [0, 0.05) is 42.4 Å². The second kappa shape index (κ2) is 35.4. The number of hydrogen-bond acceptors (Lipinski definition) is 6. The Bertz CT molecular complexity index is 703. The Morgan fingerprint density at radius 3 is 1.16 bits per heavy atom. The maximum atomic E-state index is 12.3. The predicted molar refractivity (Wildman–Crippen MR) is 185 cm³/mol. The molecule has 0 aliphatic rings. The van der Waals surface area contributed by atoms with E-state index in [0.29, 0.717) is 6.42 Å². The van der Waals surface area contributed by atoms with Gasteiger partial charge in [0.1, 0.15) is 6.61 Å². The fourth-order valence-electron chi connectivity index (χ4n) is 5.37. The van der Waals surface area contributed by atoms with Crippen LogP contribution in [-0.4, -0.2) is 70.6 Å². The van der Waals surface area contributed by atoms with E-state index in [4.69, 9.17) is 19.3 Å². The van der Waals surface area contributed by atoms with Crippen molar-refractivity contribution < 1.29 is 37.9 Å². The summed E-state index contributed by atoms with van der Waals surface area (Å²) in [6.45, 7) is 3.68. The average Bonchev–Trinajstić information content (AvgIpc) is 2.98. The number of unbranched alkanes of at least 4 members (excludes halogenated alkanes) is 24. The summed E-state index contributed by atoms with van der Waals surface area (Å²) in [6, 6.07) is 0. The molecule has 0 saturated heterocycles. The van der Waals surface area contributed by atoms with Crippen LogP contribution in [0.1, 0.15) is 194 Å². The van der Waals surface area contributed by atoms with Crippen molar-refractivity contribution in [3.8, 4) is 0 Å². The number of ether oxygens (including phenoxy) is 2. The maximum Gasteiger partial charge on any atom is 0.469 e. The molecular formula is C35H69NaO8P. The van der Waals surface area contributed by atoms with Crippen molar-refractivity contribution in [3.63, 3.8) is 0 Å². The van der Waals surface area contributed by atoms with Crippen LogP contribution < -0.4 is 0 Å². The number of carbonyl (C=O) groups excluding carboxylic acids is 2. The number of rotatable bonds is 34. The first-order chi connectivity index (χ1) is 21.3. The van der Waals surface area contributed by atoms with E-state index in [1.54, 1.807) is 0 Å². The van der Waals surface area contributed by atoms with Crippen molar-refractivity contribution in [2.24, 2.45) is 0 Å². The van der Waals surface area contributed by atoms with Gasteiger partial charge in [-0.15, -0.1) is 0 Å². The number of carbonyl (C=O) groups is 2. The van der Waals surface area contributed by atoms with Crippen LogP contribution in [0.25, 0.3) is 0 Å². The molecule has 0 fully saturated rings. The summed E-state index contributed by atoms with van der Waals surface area (Å²) in [4.78, 5) is 42.6. The van der Waals surface area contributed by atoms with Crippen molar-refractivity contribution in [2.45, 2.75) is 200 Å². The van der Waals surface area contributed by atoms with Crippen molar-refractivity contribution in [2.75, 3.05) is 13.2 Å². The van der Waals surface area contributed by atoms with Crippen molar-refractivity contribution in [3.05, 3.63) is 0 Å². The van der Waals surface area contributed by atoms with Crippen molar-refractivity contribution >= 4 is 49.3 Å². The van der Waals surface area contributed by atoms with Crippen LogP contribution in [0.3, 0.4) is 0 Å². The van der Waals surface area contributed by atoms with Gasteiger partial charge in [0.2, 0.25) is 0 Å². The van der Waals surface area contributed by atoms with Gasteiger partial charge in [0.25, 0.3) is 0 Å². The van der Waals surface area contributed by atoms with Gasteiger partial charge in [-0.25, -0.2) is 4.57 Å². The Balaban J connectivity index is 0. The van der Waals surface area contributed by atoms with Gasteiger partial charge in [-0.05, 0) is 12.8 Å². The second-order valence-corrected chi connectivity index (χ2v) is 13.8. The average molecular weight is 672 g/mol. The number of phosphoric acid groups is 1. The molecule has 2 N–H and O–H groups in total. The molecule has 0 aromatic heterocycles.